The van der Waals surface area contributed by atoms with Gasteiger partial charge in [-0.1, -0.05) is 41.4 Å². The molecule has 3 aromatic rings. The monoisotopic (exact) mass is 428 g/mol. The molecule has 3 aromatic carbocycles. The third kappa shape index (κ3) is 4.96. The number of benzene rings is 3. The molecule has 0 saturated heterocycles. The van der Waals surface area contributed by atoms with Crippen LogP contribution in [0.4, 0.5) is 5.69 Å². The van der Waals surface area contributed by atoms with Crippen molar-refractivity contribution in [1.82, 2.24) is 5.32 Å². The van der Waals surface area contributed by atoms with E-state index in [4.69, 9.17) is 11.6 Å². The number of nitrogens with one attached hydrogen (secondary N) is 1. The molecule has 0 saturated carbocycles. The Morgan fingerprint density at radius 2 is 1.66 bits per heavy atom. The van der Waals surface area contributed by atoms with Gasteiger partial charge in [-0.15, -0.1) is 0 Å². The van der Waals surface area contributed by atoms with Gasteiger partial charge in [-0.25, -0.2) is 8.42 Å². The molecule has 0 aromatic heterocycles. The summed E-state index contributed by atoms with van der Waals surface area (Å²) in [4.78, 5) is 12.6. The van der Waals surface area contributed by atoms with Crippen molar-refractivity contribution < 1.29 is 13.2 Å². The van der Waals surface area contributed by atoms with E-state index in [1.54, 1.807) is 60.7 Å². The zero-order valence-electron chi connectivity index (χ0n) is 16.1. The van der Waals surface area contributed by atoms with Gasteiger partial charge in [0.05, 0.1) is 10.6 Å². The number of rotatable bonds is 6. The van der Waals surface area contributed by atoms with Crippen LogP contribution in [0.1, 0.15) is 21.5 Å². The third-order valence-corrected chi connectivity index (χ3v) is 6.55. The quantitative estimate of drug-likeness (QED) is 0.632. The van der Waals surface area contributed by atoms with Gasteiger partial charge in [0.15, 0.2) is 0 Å². The Morgan fingerprint density at radius 3 is 2.28 bits per heavy atom. The van der Waals surface area contributed by atoms with E-state index in [1.165, 1.54) is 11.4 Å². The normalized spacial score (nSPS) is 11.1. The molecule has 0 unspecified atom stereocenters. The molecule has 150 valence electrons. The molecule has 0 aliphatic rings. The summed E-state index contributed by atoms with van der Waals surface area (Å²) >= 11 is 5.95. The molecular formula is C22H21ClN2O3S. The minimum Gasteiger partial charge on any atom is -0.348 e. The zero-order chi connectivity index (χ0) is 21.0. The van der Waals surface area contributed by atoms with E-state index in [9.17, 15) is 13.2 Å². The Balaban J connectivity index is 1.70. The number of carbonyl (C=O) groups is 1. The summed E-state index contributed by atoms with van der Waals surface area (Å²) in [7, 11) is -2.18. The molecule has 0 radical (unpaired) electrons. The Labute approximate surface area is 176 Å². The van der Waals surface area contributed by atoms with Crippen LogP contribution in [-0.2, 0) is 16.6 Å². The lowest BCUT2D eigenvalue weighted by Crippen LogP contribution is -2.27. The molecule has 0 atom stereocenters. The summed E-state index contributed by atoms with van der Waals surface area (Å²) in [5, 5.41) is 3.43. The number of sulfonamides is 1. The third-order valence-electron chi connectivity index (χ3n) is 4.51. The van der Waals surface area contributed by atoms with Crippen LogP contribution < -0.4 is 9.62 Å². The van der Waals surface area contributed by atoms with Crippen LogP contribution in [0.3, 0.4) is 0 Å². The van der Waals surface area contributed by atoms with Gasteiger partial charge in [-0.05, 0) is 61.0 Å². The van der Waals surface area contributed by atoms with Gasteiger partial charge in [-0.3, -0.25) is 9.10 Å². The minimum atomic E-state index is -3.67. The molecule has 3 rings (SSSR count). The largest absolute Gasteiger partial charge is 0.348 e. The predicted molar refractivity (Wildman–Crippen MR) is 116 cm³/mol. The molecule has 0 bridgehead atoms. The lowest BCUT2D eigenvalue weighted by Gasteiger charge is -2.20. The van der Waals surface area contributed by atoms with Gasteiger partial charge < -0.3 is 5.32 Å². The van der Waals surface area contributed by atoms with Crippen molar-refractivity contribution in [3.63, 3.8) is 0 Å². The first-order chi connectivity index (χ1) is 13.8. The van der Waals surface area contributed by atoms with E-state index in [0.29, 0.717) is 22.8 Å². The lowest BCUT2D eigenvalue weighted by atomic mass is 10.2. The Bertz CT molecular complexity index is 1110. The molecule has 1 N–H and O–H groups in total. The molecule has 0 aliphatic carbocycles. The second-order valence-electron chi connectivity index (χ2n) is 6.65. The molecule has 0 heterocycles. The molecule has 29 heavy (non-hydrogen) atoms. The first kappa shape index (κ1) is 20.9. The highest BCUT2D eigenvalue weighted by molar-refractivity contribution is 7.92. The van der Waals surface area contributed by atoms with Gasteiger partial charge in [0.1, 0.15) is 0 Å². The fraction of sp³-hybridized carbons (Fsp3) is 0.136. The van der Waals surface area contributed by atoms with Gasteiger partial charge in [-0.2, -0.15) is 0 Å². The number of nitrogens with zero attached hydrogens (tertiary/aromatic N) is 1. The highest BCUT2D eigenvalue weighted by Gasteiger charge is 2.21. The van der Waals surface area contributed by atoms with Crippen molar-refractivity contribution in [2.75, 3.05) is 11.4 Å². The maximum atomic E-state index is 12.8. The molecule has 0 fully saturated rings. The first-order valence-corrected chi connectivity index (χ1v) is 10.8. The van der Waals surface area contributed by atoms with E-state index in [2.05, 4.69) is 5.32 Å². The lowest BCUT2D eigenvalue weighted by molar-refractivity contribution is 0.0951. The van der Waals surface area contributed by atoms with E-state index in [0.717, 1.165) is 11.1 Å². The van der Waals surface area contributed by atoms with Crippen molar-refractivity contribution in [2.45, 2.75) is 18.4 Å². The maximum Gasteiger partial charge on any atom is 0.264 e. The number of hydrogen-bond acceptors (Lipinski definition) is 3. The average Bonchev–Trinajstić information content (AvgIpc) is 2.72. The number of amides is 1. The van der Waals surface area contributed by atoms with Gasteiger partial charge in [0.25, 0.3) is 15.9 Å². The maximum absolute atomic E-state index is 12.8. The van der Waals surface area contributed by atoms with Crippen molar-refractivity contribution >= 4 is 33.2 Å². The van der Waals surface area contributed by atoms with Crippen LogP contribution in [0.15, 0.2) is 77.7 Å². The number of halogens is 1. The van der Waals surface area contributed by atoms with Crippen molar-refractivity contribution in [2.24, 2.45) is 0 Å². The second-order valence-corrected chi connectivity index (χ2v) is 9.05. The van der Waals surface area contributed by atoms with Gasteiger partial charge >= 0.3 is 0 Å². The Hall–Kier alpha value is -2.83. The molecule has 5 nitrogen and oxygen atoms in total. The van der Waals surface area contributed by atoms with Crippen LogP contribution in [0.2, 0.25) is 5.02 Å². The summed E-state index contributed by atoms with van der Waals surface area (Å²) in [6, 6.07) is 20.4. The fourth-order valence-corrected chi connectivity index (χ4v) is 4.17. The first-order valence-electron chi connectivity index (χ1n) is 8.96. The summed E-state index contributed by atoms with van der Waals surface area (Å²) < 4.78 is 26.8. The van der Waals surface area contributed by atoms with Crippen molar-refractivity contribution in [3.8, 4) is 0 Å². The smallest absolute Gasteiger partial charge is 0.264 e. The number of aryl methyl sites for hydroxylation is 1. The van der Waals surface area contributed by atoms with E-state index in [1.807, 2.05) is 19.1 Å². The summed E-state index contributed by atoms with van der Waals surface area (Å²) in [5.41, 5.74) is 2.79. The topological polar surface area (TPSA) is 66.5 Å². The number of carbonyl (C=O) groups excluding carboxylic acids is 1. The van der Waals surface area contributed by atoms with E-state index in [-0.39, 0.29) is 10.8 Å². The summed E-state index contributed by atoms with van der Waals surface area (Å²) in [6.45, 7) is 2.25. The Morgan fingerprint density at radius 1 is 1.00 bits per heavy atom. The second kappa shape index (κ2) is 8.68. The van der Waals surface area contributed by atoms with E-state index < -0.39 is 10.0 Å². The molecule has 1 amide bonds. The molecule has 0 spiro atoms. The fourth-order valence-electron chi connectivity index (χ4n) is 2.76. The highest BCUT2D eigenvalue weighted by Crippen LogP contribution is 2.22. The van der Waals surface area contributed by atoms with Crippen LogP contribution in [0.25, 0.3) is 0 Å². The standard InChI is InChI=1S/C22H21ClN2O3S/c1-16-6-12-21(13-7-16)29(27,28)25(2)20-10-8-18(9-11-20)22(26)24-15-17-4-3-5-19(23)14-17/h3-14H,15H2,1-2H3,(H,24,26). The van der Waals surface area contributed by atoms with Gasteiger partial charge in [0.2, 0.25) is 0 Å². The summed E-state index contributed by atoms with van der Waals surface area (Å²) in [6.07, 6.45) is 0. The Kier molecular flexibility index (Phi) is 6.25. The minimum absolute atomic E-state index is 0.217. The number of hydrogen-bond donors (Lipinski definition) is 1. The highest BCUT2D eigenvalue weighted by atomic mass is 35.5. The number of anilines is 1. The van der Waals surface area contributed by atoms with Crippen LogP contribution in [-0.4, -0.2) is 21.4 Å². The zero-order valence-corrected chi connectivity index (χ0v) is 17.7. The van der Waals surface area contributed by atoms with Gasteiger partial charge in [0, 0.05) is 24.2 Å². The van der Waals surface area contributed by atoms with E-state index >= 15 is 0 Å². The van der Waals surface area contributed by atoms with Crippen molar-refractivity contribution in [1.29, 1.82) is 0 Å². The summed E-state index contributed by atoms with van der Waals surface area (Å²) in [5.74, 6) is -0.249. The molecule has 7 heteroatoms. The molecular weight excluding hydrogens is 408 g/mol. The van der Waals surface area contributed by atoms with Crippen molar-refractivity contribution in [3.05, 3.63) is 94.5 Å². The predicted octanol–water partition coefficient (Wildman–Crippen LogP) is 4.40. The molecule has 0 aliphatic heterocycles. The van der Waals surface area contributed by atoms with Crippen LogP contribution in [0.5, 0.6) is 0 Å². The SMILES string of the molecule is Cc1ccc(S(=O)(=O)N(C)c2ccc(C(=O)NCc3cccc(Cl)c3)cc2)cc1. The van der Waals surface area contributed by atoms with Crippen LogP contribution in [0, 0.1) is 6.92 Å². The average molecular weight is 429 g/mol. The van der Waals surface area contributed by atoms with Crippen LogP contribution >= 0.6 is 11.6 Å².